The predicted octanol–water partition coefficient (Wildman–Crippen LogP) is 2.51. The van der Waals surface area contributed by atoms with Crippen molar-refractivity contribution in [2.45, 2.75) is 0 Å². The van der Waals surface area contributed by atoms with Crippen molar-refractivity contribution in [2.24, 2.45) is 4.99 Å². The second-order valence-electron chi connectivity index (χ2n) is 2.32. The van der Waals surface area contributed by atoms with Gasteiger partial charge >= 0.3 is 5.97 Å². The van der Waals surface area contributed by atoms with Crippen molar-refractivity contribution >= 4 is 29.0 Å². The third-order valence-corrected chi connectivity index (χ3v) is 1.49. The Hall–Kier alpha value is -1.77. The van der Waals surface area contributed by atoms with Gasteiger partial charge in [-0.1, -0.05) is 6.58 Å². The number of benzene rings is 1. The second kappa shape index (κ2) is 5.07. The molecular formula is C10H7NO2S. The molecule has 0 radical (unpaired) electrons. The van der Waals surface area contributed by atoms with Gasteiger partial charge in [0, 0.05) is 6.08 Å². The minimum absolute atomic E-state index is 0.443. The molecule has 0 spiro atoms. The van der Waals surface area contributed by atoms with E-state index < -0.39 is 5.97 Å². The molecule has 0 saturated carbocycles. The summed E-state index contributed by atoms with van der Waals surface area (Å²) >= 11 is 4.44. The van der Waals surface area contributed by atoms with Crippen molar-refractivity contribution in [3.8, 4) is 5.75 Å². The lowest BCUT2D eigenvalue weighted by molar-refractivity contribution is -0.128. The molecule has 0 aromatic heterocycles. The first-order valence-electron chi connectivity index (χ1n) is 3.78. The van der Waals surface area contributed by atoms with Crippen molar-refractivity contribution in [3.63, 3.8) is 0 Å². The minimum atomic E-state index is -0.490. The minimum Gasteiger partial charge on any atom is -0.423 e. The molecule has 0 heterocycles. The standard InChI is InChI=1S/C10H7NO2S/c1-2-10(12)13-9-5-3-8(4-6-9)11-7-14/h2-6H,1H2. The summed E-state index contributed by atoms with van der Waals surface area (Å²) in [7, 11) is 0. The van der Waals surface area contributed by atoms with Crippen LogP contribution in [0.25, 0.3) is 0 Å². The molecule has 1 aromatic carbocycles. The molecule has 0 aliphatic heterocycles. The fourth-order valence-corrected chi connectivity index (χ4v) is 0.905. The fourth-order valence-electron chi connectivity index (χ4n) is 0.799. The van der Waals surface area contributed by atoms with Gasteiger partial charge in [0.1, 0.15) is 5.75 Å². The monoisotopic (exact) mass is 205 g/mol. The van der Waals surface area contributed by atoms with E-state index in [0.717, 1.165) is 6.08 Å². The highest BCUT2D eigenvalue weighted by Crippen LogP contribution is 2.17. The van der Waals surface area contributed by atoms with Crippen LogP contribution in [-0.4, -0.2) is 11.1 Å². The van der Waals surface area contributed by atoms with Crippen LogP contribution in [0.2, 0.25) is 0 Å². The van der Waals surface area contributed by atoms with Gasteiger partial charge in [-0.3, -0.25) is 0 Å². The van der Waals surface area contributed by atoms with Gasteiger partial charge in [0.15, 0.2) is 0 Å². The summed E-state index contributed by atoms with van der Waals surface area (Å²) in [5, 5.41) is 2.24. The number of carbonyl (C=O) groups is 1. The summed E-state index contributed by atoms with van der Waals surface area (Å²) < 4.78 is 4.85. The Labute approximate surface area is 86.7 Å². The van der Waals surface area contributed by atoms with Gasteiger partial charge < -0.3 is 4.74 Å². The van der Waals surface area contributed by atoms with Gasteiger partial charge in [0.05, 0.1) is 10.8 Å². The first-order valence-corrected chi connectivity index (χ1v) is 4.19. The molecule has 1 rings (SSSR count). The second-order valence-corrected chi connectivity index (χ2v) is 2.50. The van der Waals surface area contributed by atoms with Crippen LogP contribution in [0.15, 0.2) is 41.9 Å². The number of thiocarbonyl (C=S) groups is 1. The largest absolute Gasteiger partial charge is 0.423 e. The van der Waals surface area contributed by atoms with E-state index in [1.165, 1.54) is 0 Å². The molecule has 14 heavy (non-hydrogen) atoms. The van der Waals surface area contributed by atoms with Crippen molar-refractivity contribution < 1.29 is 9.53 Å². The maximum absolute atomic E-state index is 10.8. The molecule has 0 fully saturated rings. The lowest BCUT2D eigenvalue weighted by Gasteiger charge is -1.99. The van der Waals surface area contributed by atoms with Crippen LogP contribution >= 0.6 is 12.2 Å². The van der Waals surface area contributed by atoms with E-state index >= 15 is 0 Å². The third-order valence-electron chi connectivity index (χ3n) is 1.40. The number of isothiocyanates is 1. The molecule has 0 aliphatic rings. The van der Waals surface area contributed by atoms with Gasteiger partial charge in [0.2, 0.25) is 0 Å². The molecule has 0 N–H and O–H groups in total. The quantitative estimate of drug-likeness (QED) is 0.250. The molecule has 0 atom stereocenters. The van der Waals surface area contributed by atoms with Gasteiger partial charge in [-0.15, -0.1) is 0 Å². The lowest BCUT2D eigenvalue weighted by atomic mass is 10.3. The topological polar surface area (TPSA) is 38.7 Å². The van der Waals surface area contributed by atoms with E-state index in [-0.39, 0.29) is 0 Å². The Kier molecular flexibility index (Phi) is 3.73. The molecule has 1 aromatic rings. The van der Waals surface area contributed by atoms with Crippen LogP contribution in [0.5, 0.6) is 5.75 Å². The Bertz CT molecular complexity index is 391. The van der Waals surface area contributed by atoms with Gasteiger partial charge in [0.25, 0.3) is 0 Å². The molecule has 0 bridgehead atoms. The average Bonchev–Trinajstić information content (AvgIpc) is 2.21. The van der Waals surface area contributed by atoms with Gasteiger partial charge in [-0.2, -0.15) is 4.99 Å². The molecule has 0 saturated heterocycles. The first kappa shape index (κ1) is 10.3. The summed E-state index contributed by atoms with van der Waals surface area (Å²) in [6.07, 6.45) is 1.10. The van der Waals surface area contributed by atoms with Crippen molar-refractivity contribution in [3.05, 3.63) is 36.9 Å². The SMILES string of the molecule is C=CC(=O)Oc1ccc(N=C=S)cc1. The Balaban J connectivity index is 2.77. The Morgan fingerprint density at radius 1 is 1.50 bits per heavy atom. The van der Waals surface area contributed by atoms with Crippen molar-refractivity contribution in [1.82, 2.24) is 0 Å². The Morgan fingerprint density at radius 2 is 2.14 bits per heavy atom. The number of nitrogens with zero attached hydrogens (tertiary/aromatic N) is 1. The zero-order valence-corrected chi connectivity index (χ0v) is 8.08. The third kappa shape index (κ3) is 2.94. The van der Waals surface area contributed by atoms with E-state index in [0.29, 0.717) is 11.4 Å². The zero-order chi connectivity index (χ0) is 10.4. The van der Waals surface area contributed by atoms with Gasteiger partial charge in [-0.05, 0) is 36.5 Å². The molecule has 70 valence electrons. The number of aliphatic imine (C=N–C) groups is 1. The number of hydrogen-bond donors (Lipinski definition) is 0. The first-order chi connectivity index (χ1) is 6.76. The van der Waals surface area contributed by atoms with E-state index in [4.69, 9.17) is 4.74 Å². The lowest BCUT2D eigenvalue weighted by Crippen LogP contribution is -2.02. The molecule has 0 unspecified atom stereocenters. The number of ether oxygens (including phenoxy) is 1. The highest BCUT2D eigenvalue weighted by molar-refractivity contribution is 7.78. The Morgan fingerprint density at radius 3 is 2.64 bits per heavy atom. The van der Waals surface area contributed by atoms with Crippen LogP contribution in [-0.2, 0) is 4.79 Å². The summed E-state index contributed by atoms with van der Waals surface area (Å²) in [5.41, 5.74) is 0.665. The maximum Gasteiger partial charge on any atom is 0.335 e. The number of esters is 1. The maximum atomic E-state index is 10.8. The smallest absolute Gasteiger partial charge is 0.335 e. The average molecular weight is 205 g/mol. The molecule has 0 amide bonds. The highest BCUT2D eigenvalue weighted by atomic mass is 32.1. The van der Waals surface area contributed by atoms with Crippen LogP contribution in [0.1, 0.15) is 0 Å². The van der Waals surface area contributed by atoms with E-state index in [2.05, 4.69) is 29.0 Å². The summed E-state index contributed by atoms with van der Waals surface area (Å²) in [4.78, 5) is 14.6. The highest BCUT2D eigenvalue weighted by Gasteiger charge is 1.98. The van der Waals surface area contributed by atoms with Gasteiger partial charge in [-0.25, -0.2) is 4.79 Å². The zero-order valence-electron chi connectivity index (χ0n) is 7.27. The fraction of sp³-hybridized carbons (Fsp3) is 0. The molecule has 0 aliphatic carbocycles. The molecule has 3 nitrogen and oxygen atoms in total. The number of hydrogen-bond acceptors (Lipinski definition) is 4. The molecular weight excluding hydrogens is 198 g/mol. The van der Waals surface area contributed by atoms with Crippen LogP contribution in [0, 0.1) is 0 Å². The van der Waals surface area contributed by atoms with Crippen LogP contribution in [0.3, 0.4) is 0 Å². The summed E-state index contributed by atoms with van der Waals surface area (Å²) in [5.74, 6) is -0.0469. The van der Waals surface area contributed by atoms with Crippen LogP contribution in [0.4, 0.5) is 5.69 Å². The van der Waals surface area contributed by atoms with Crippen LogP contribution < -0.4 is 4.74 Å². The van der Waals surface area contributed by atoms with E-state index in [1.807, 2.05) is 0 Å². The molecule has 4 heteroatoms. The van der Waals surface area contributed by atoms with Crippen molar-refractivity contribution in [2.75, 3.05) is 0 Å². The van der Waals surface area contributed by atoms with E-state index in [9.17, 15) is 4.79 Å². The summed E-state index contributed by atoms with van der Waals surface area (Å²) in [6, 6.07) is 6.58. The normalized spacial score (nSPS) is 8.57. The van der Waals surface area contributed by atoms with Crippen molar-refractivity contribution in [1.29, 1.82) is 0 Å². The number of carbonyl (C=O) groups excluding carboxylic acids is 1. The summed E-state index contributed by atoms with van der Waals surface area (Å²) in [6.45, 7) is 3.29. The van der Waals surface area contributed by atoms with E-state index in [1.54, 1.807) is 24.3 Å². The number of rotatable bonds is 3. The predicted molar refractivity (Wildman–Crippen MR) is 57.0 cm³/mol.